The van der Waals surface area contributed by atoms with Crippen LogP contribution in [0.4, 0.5) is 11.4 Å². The van der Waals surface area contributed by atoms with Gasteiger partial charge < -0.3 is 29.0 Å². The van der Waals surface area contributed by atoms with Crippen molar-refractivity contribution in [3.63, 3.8) is 0 Å². The second-order valence-corrected chi connectivity index (χ2v) is 6.09. The number of non-ortho nitro benzene ring substituents is 1. The number of ether oxygens (including phenoxy) is 5. The first-order valence-corrected chi connectivity index (χ1v) is 8.90. The molecular formula is C20H22N2O9. The Balaban J connectivity index is 2.16. The largest absolute Gasteiger partial charge is 0.494 e. The standard InChI is InChI=1S/C20H22N2O9/c1-11(19(23)21-14-7-6-13(22(25)26)10-15(14)27-2)31-20(24)12-8-16(28-3)18(30-5)17(9-12)29-4/h6-11H,1-5H3,(H,21,23)/t11-/m1/s1. The molecule has 0 saturated heterocycles. The molecule has 2 aromatic carbocycles. The first-order valence-electron chi connectivity index (χ1n) is 8.90. The van der Waals surface area contributed by atoms with E-state index in [4.69, 9.17) is 23.7 Å². The van der Waals surface area contributed by atoms with Gasteiger partial charge in [0.05, 0.1) is 50.7 Å². The summed E-state index contributed by atoms with van der Waals surface area (Å²) in [4.78, 5) is 35.3. The average Bonchev–Trinajstić information content (AvgIpc) is 2.77. The lowest BCUT2D eigenvalue weighted by molar-refractivity contribution is -0.384. The lowest BCUT2D eigenvalue weighted by atomic mass is 10.2. The molecule has 11 heteroatoms. The fourth-order valence-corrected chi connectivity index (χ4v) is 2.61. The van der Waals surface area contributed by atoms with Gasteiger partial charge in [-0.1, -0.05) is 0 Å². The van der Waals surface area contributed by atoms with E-state index < -0.39 is 22.9 Å². The SMILES string of the molecule is COc1cc([N+](=O)[O-])ccc1NC(=O)[C@@H](C)OC(=O)c1cc(OC)c(OC)c(OC)c1. The first kappa shape index (κ1) is 23.3. The van der Waals surface area contributed by atoms with Crippen molar-refractivity contribution in [2.24, 2.45) is 0 Å². The maximum atomic E-state index is 12.5. The zero-order chi connectivity index (χ0) is 23.1. The summed E-state index contributed by atoms with van der Waals surface area (Å²) in [5.74, 6) is -0.558. The third-order valence-electron chi connectivity index (χ3n) is 4.21. The molecule has 0 aliphatic heterocycles. The normalized spacial score (nSPS) is 11.1. The van der Waals surface area contributed by atoms with Gasteiger partial charge in [0, 0.05) is 6.07 Å². The van der Waals surface area contributed by atoms with Crippen LogP contribution in [0.5, 0.6) is 23.0 Å². The van der Waals surface area contributed by atoms with Crippen LogP contribution in [-0.4, -0.2) is 51.3 Å². The number of nitro groups is 1. The minimum Gasteiger partial charge on any atom is -0.494 e. The van der Waals surface area contributed by atoms with Crippen LogP contribution in [0.15, 0.2) is 30.3 Å². The first-order chi connectivity index (χ1) is 14.7. The van der Waals surface area contributed by atoms with E-state index in [0.717, 1.165) is 0 Å². The summed E-state index contributed by atoms with van der Waals surface area (Å²) in [5.41, 5.74) is 0.0765. The molecule has 11 nitrogen and oxygen atoms in total. The second kappa shape index (κ2) is 10.1. The Morgan fingerprint density at radius 2 is 1.52 bits per heavy atom. The van der Waals surface area contributed by atoms with Crippen molar-refractivity contribution < 1.29 is 38.2 Å². The molecule has 2 rings (SSSR count). The van der Waals surface area contributed by atoms with Crippen LogP contribution in [0.1, 0.15) is 17.3 Å². The van der Waals surface area contributed by atoms with Crippen molar-refractivity contribution in [2.75, 3.05) is 33.8 Å². The molecule has 0 aromatic heterocycles. The molecular weight excluding hydrogens is 412 g/mol. The van der Waals surface area contributed by atoms with Crippen LogP contribution < -0.4 is 24.3 Å². The van der Waals surface area contributed by atoms with E-state index in [-0.39, 0.29) is 34.2 Å². The summed E-state index contributed by atoms with van der Waals surface area (Å²) < 4.78 is 25.9. The topological polar surface area (TPSA) is 135 Å². The minimum atomic E-state index is -1.19. The Hall–Kier alpha value is -4.02. The number of amides is 1. The highest BCUT2D eigenvalue weighted by Crippen LogP contribution is 2.38. The van der Waals surface area contributed by atoms with Crippen molar-refractivity contribution in [3.05, 3.63) is 46.0 Å². The van der Waals surface area contributed by atoms with Gasteiger partial charge in [-0.2, -0.15) is 0 Å². The number of nitro benzene ring substituents is 1. The summed E-state index contributed by atoms with van der Waals surface area (Å²) in [6, 6.07) is 6.50. The van der Waals surface area contributed by atoms with E-state index in [9.17, 15) is 19.7 Å². The lowest BCUT2D eigenvalue weighted by Gasteiger charge is -2.17. The Kier molecular flexibility index (Phi) is 7.61. The number of anilines is 1. The highest BCUT2D eigenvalue weighted by molar-refractivity contribution is 5.98. The van der Waals surface area contributed by atoms with Gasteiger partial charge in [0.25, 0.3) is 11.6 Å². The van der Waals surface area contributed by atoms with Gasteiger partial charge in [0.1, 0.15) is 5.75 Å². The van der Waals surface area contributed by atoms with Crippen LogP contribution in [0.2, 0.25) is 0 Å². The van der Waals surface area contributed by atoms with E-state index in [0.29, 0.717) is 5.75 Å². The fourth-order valence-electron chi connectivity index (χ4n) is 2.61. The zero-order valence-electron chi connectivity index (χ0n) is 17.6. The highest BCUT2D eigenvalue weighted by Gasteiger charge is 2.23. The summed E-state index contributed by atoms with van der Waals surface area (Å²) in [5, 5.41) is 13.4. The molecule has 2 aromatic rings. The third kappa shape index (κ3) is 5.32. The van der Waals surface area contributed by atoms with Crippen LogP contribution in [0.3, 0.4) is 0 Å². The van der Waals surface area contributed by atoms with Gasteiger partial charge >= 0.3 is 5.97 Å². The number of carbonyl (C=O) groups excluding carboxylic acids is 2. The third-order valence-corrected chi connectivity index (χ3v) is 4.21. The van der Waals surface area contributed by atoms with E-state index >= 15 is 0 Å². The maximum Gasteiger partial charge on any atom is 0.339 e. The van der Waals surface area contributed by atoms with Gasteiger partial charge in [-0.15, -0.1) is 0 Å². The summed E-state index contributed by atoms with van der Waals surface area (Å²) in [6.07, 6.45) is -1.19. The summed E-state index contributed by atoms with van der Waals surface area (Å²) >= 11 is 0. The predicted octanol–water partition coefficient (Wildman–Crippen LogP) is 2.81. The Labute approximate surface area is 178 Å². The molecule has 0 aliphatic carbocycles. The van der Waals surface area contributed by atoms with Gasteiger partial charge in [0.15, 0.2) is 17.6 Å². The number of hydrogen-bond donors (Lipinski definition) is 1. The Morgan fingerprint density at radius 1 is 0.935 bits per heavy atom. The van der Waals surface area contributed by atoms with E-state index in [2.05, 4.69) is 5.32 Å². The number of nitrogens with zero attached hydrogens (tertiary/aromatic N) is 1. The monoisotopic (exact) mass is 434 g/mol. The predicted molar refractivity (Wildman–Crippen MR) is 109 cm³/mol. The smallest absolute Gasteiger partial charge is 0.339 e. The van der Waals surface area contributed by atoms with Crippen molar-refractivity contribution >= 4 is 23.3 Å². The van der Waals surface area contributed by atoms with Gasteiger partial charge in [-0.3, -0.25) is 14.9 Å². The molecule has 0 saturated carbocycles. The minimum absolute atomic E-state index is 0.0852. The van der Waals surface area contributed by atoms with Crippen molar-refractivity contribution in [3.8, 4) is 23.0 Å². The number of carbonyl (C=O) groups is 2. The molecule has 0 heterocycles. The van der Waals surface area contributed by atoms with Gasteiger partial charge in [-0.25, -0.2) is 4.79 Å². The fraction of sp³-hybridized carbons (Fsp3) is 0.300. The Bertz CT molecular complexity index is 966. The Morgan fingerprint density at radius 3 is 2.00 bits per heavy atom. The van der Waals surface area contributed by atoms with E-state index in [1.807, 2.05) is 0 Å². The van der Waals surface area contributed by atoms with Crippen molar-refractivity contribution in [1.82, 2.24) is 0 Å². The molecule has 31 heavy (non-hydrogen) atoms. The number of hydrogen-bond acceptors (Lipinski definition) is 9. The lowest BCUT2D eigenvalue weighted by Crippen LogP contribution is -2.30. The number of benzene rings is 2. The van der Waals surface area contributed by atoms with Gasteiger partial charge in [-0.05, 0) is 25.1 Å². The average molecular weight is 434 g/mol. The number of rotatable bonds is 9. The zero-order valence-corrected chi connectivity index (χ0v) is 17.6. The number of esters is 1. The van der Waals surface area contributed by atoms with Crippen LogP contribution in [-0.2, 0) is 9.53 Å². The number of methoxy groups -OCH3 is 4. The molecule has 0 spiro atoms. The quantitative estimate of drug-likeness (QED) is 0.359. The van der Waals surface area contributed by atoms with Crippen LogP contribution >= 0.6 is 0 Å². The molecule has 0 aliphatic rings. The van der Waals surface area contributed by atoms with Crippen LogP contribution in [0.25, 0.3) is 0 Å². The molecule has 0 bridgehead atoms. The number of nitrogens with one attached hydrogen (secondary N) is 1. The molecule has 166 valence electrons. The van der Waals surface area contributed by atoms with E-state index in [1.165, 1.54) is 65.7 Å². The van der Waals surface area contributed by atoms with Crippen LogP contribution in [0, 0.1) is 10.1 Å². The molecule has 0 unspecified atom stereocenters. The second-order valence-electron chi connectivity index (χ2n) is 6.09. The summed E-state index contributed by atoms with van der Waals surface area (Å²) in [7, 11) is 5.54. The molecule has 1 amide bonds. The highest BCUT2D eigenvalue weighted by atomic mass is 16.6. The van der Waals surface area contributed by atoms with Crippen molar-refractivity contribution in [2.45, 2.75) is 13.0 Å². The molecule has 1 atom stereocenters. The molecule has 0 radical (unpaired) electrons. The molecule has 1 N–H and O–H groups in total. The molecule has 0 fully saturated rings. The van der Waals surface area contributed by atoms with E-state index in [1.54, 1.807) is 0 Å². The van der Waals surface area contributed by atoms with Crippen molar-refractivity contribution in [1.29, 1.82) is 0 Å². The summed E-state index contributed by atoms with van der Waals surface area (Å²) in [6.45, 7) is 1.38. The van der Waals surface area contributed by atoms with Gasteiger partial charge in [0.2, 0.25) is 5.75 Å². The maximum absolute atomic E-state index is 12.5.